The van der Waals surface area contributed by atoms with Gasteiger partial charge in [-0.3, -0.25) is 4.79 Å². The van der Waals surface area contributed by atoms with Crippen LogP contribution in [0.5, 0.6) is 0 Å². The molecule has 0 saturated carbocycles. The van der Waals surface area contributed by atoms with Crippen molar-refractivity contribution < 1.29 is 14.4 Å². The predicted octanol–water partition coefficient (Wildman–Crippen LogP) is 2.65. The van der Waals surface area contributed by atoms with E-state index in [1.54, 1.807) is 6.07 Å². The lowest BCUT2D eigenvalue weighted by Gasteiger charge is -2.00. The Bertz CT molecular complexity index is 543. The van der Waals surface area contributed by atoms with E-state index in [0.717, 1.165) is 23.1 Å². The summed E-state index contributed by atoms with van der Waals surface area (Å²) in [5.74, 6) is -0.326. The highest BCUT2D eigenvalue weighted by atomic mass is 16.5. The highest BCUT2D eigenvalue weighted by molar-refractivity contribution is 5.81. The van der Waals surface area contributed by atoms with Gasteiger partial charge in [0.05, 0.1) is 12.1 Å². The number of benzene rings is 1. The van der Waals surface area contributed by atoms with Crippen molar-refractivity contribution in [1.29, 1.82) is 0 Å². The van der Waals surface area contributed by atoms with E-state index in [0.29, 0.717) is 11.5 Å². The van der Waals surface area contributed by atoms with Crippen LogP contribution in [0.3, 0.4) is 0 Å². The number of aliphatic carboxylic acids is 1. The summed E-state index contributed by atoms with van der Waals surface area (Å²) in [6, 6.07) is 5.46. The number of carboxylic acid groups (broad SMARTS) is 1. The molecule has 0 aliphatic heterocycles. The molecule has 90 valence electrons. The number of hydrogen-bond donors (Lipinski definition) is 1. The maximum absolute atomic E-state index is 10.6. The van der Waals surface area contributed by atoms with Crippen LogP contribution in [0.1, 0.15) is 25.1 Å². The van der Waals surface area contributed by atoms with Gasteiger partial charge in [0.15, 0.2) is 5.58 Å². The molecule has 0 saturated heterocycles. The SMILES string of the molecule is CC(C)Cc1noc2cc(CC(=O)O)ccc12. The minimum atomic E-state index is -0.841. The lowest BCUT2D eigenvalue weighted by molar-refractivity contribution is -0.136. The second kappa shape index (κ2) is 4.57. The van der Waals surface area contributed by atoms with Crippen molar-refractivity contribution in [2.24, 2.45) is 5.92 Å². The van der Waals surface area contributed by atoms with E-state index in [1.807, 2.05) is 12.1 Å². The van der Waals surface area contributed by atoms with E-state index in [2.05, 4.69) is 19.0 Å². The maximum Gasteiger partial charge on any atom is 0.307 e. The van der Waals surface area contributed by atoms with Gasteiger partial charge in [0.25, 0.3) is 0 Å². The molecule has 1 aromatic carbocycles. The maximum atomic E-state index is 10.6. The predicted molar refractivity (Wildman–Crippen MR) is 63.9 cm³/mol. The van der Waals surface area contributed by atoms with E-state index in [1.165, 1.54) is 0 Å². The summed E-state index contributed by atoms with van der Waals surface area (Å²) in [7, 11) is 0. The van der Waals surface area contributed by atoms with Crippen LogP contribution in [0, 0.1) is 5.92 Å². The molecule has 0 fully saturated rings. The fourth-order valence-electron chi connectivity index (χ4n) is 1.85. The van der Waals surface area contributed by atoms with Gasteiger partial charge in [-0.15, -0.1) is 0 Å². The molecule has 2 aromatic rings. The molecule has 1 N–H and O–H groups in total. The summed E-state index contributed by atoms with van der Waals surface area (Å²) in [4.78, 5) is 10.6. The van der Waals surface area contributed by atoms with Crippen LogP contribution in [0.15, 0.2) is 22.7 Å². The number of carbonyl (C=O) groups is 1. The molecule has 1 heterocycles. The number of carboxylic acids is 1. The molecular weight excluding hydrogens is 218 g/mol. The highest BCUT2D eigenvalue weighted by Gasteiger charge is 2.11. The van der Waals surface area contributed by atoms with Gasteiger partial charge < -0.3 is 9.63 Å². The third-order valence-electron chi connectivity index (χ3n) is 2.57. The second-order valence-electron chi connectivity index (χ2n) is 4.63. The zero-order valence-electron chi connectivity index (χ0n) is 9.93. The Labute approximate surface area is 99.2 Å². The lowest BCUT2D eigenvalue weighted by atomic mass is 10.0. The molecule has 0 unspecified atom stereocenters. The first kappa shape index (κ1) is 11.6. The minimum Gasteiger partial charge on any atom is -0.481 e. The molecule has 0 atom stereocenters. The zero-order chi connectivity index (χ0) is 12.4. The van der Waals surface area contributed by atoms with Crippen LogP contribution in [-0.4, -0.2) is 16.2 Å². The molecule has 0 aliphatic carbocycles. The van der Waals surface area contributed by atoms with Crippen LogP contribution in [0.25, 0.3) is 11.0 Å². The number of nitrogens with zero attached hydrogens (tertiary/aromatic N) is 1. The molecule has 2 rings (SSSR count). The highest BCUT2D eigenvalue weighted by Crippen LogP contribution is 2.22. The Morgan fingerprint density at radius 2 is 2.24 bits per heavy atom. The molecule has 0 radical (unpaired) electrons. The van der Waals surface area contributed by atoms with Gasteiger partial charge in [0.2, 0.25) is 0 Å². The summed E-state index contributed by atoms with van der Waals surface area (Å²) >= 11 is 0. The van der Waals surface area contributed by atoms with E-state index in [4.69, 9.17) is 9.63 Å². The minimum absolute atomic E-state index is 0.0101. The summed E-state index contributed by atoms with van der Waals surface area (Å²) in [5, 5.41) is 13.7. The lowest BCUT2D eigenvalue weighted by Crippen LogP contribution is -1.99. The standard InChI is InChI=1S/C13H15NO3/c1-8(2)5-11-10-4-3-9(7-13(15)16)6-12(10)17-14-11/h3-4,6,8H,5,7H2,1-2H3,(H,15,16). The average molecular weight is 233 g/mol. The molecule has 0 bridgehead atoms. The van der Waals surface area contributed by atoms with Crippen molar-refractivity contribution in [2.45, 2.75) is 26.7 Å². The first-order valence-electron chi connectivity index (χ1n) is 5.65. The van der Waals surface area contributed by atoms with Crippen molar-refractivity contribution in [3.8, 4) is 0 Å². The van der Waals surface area contributed by atoms with Gasteiger partial charge in [-0.05, 0) is 30.0 Å². The molecular formula is C13H15NO3. The van der Waals surface area contributed by atoms with Gasteiger partial charge in [-0.2, -0.15) is 0 Å². The molecule has 0 spiro atoms. The van der Waals surface area contributed by atoms with Gasteiger partial charge in [0.1, 0.15) is 0 Å². The summed E-state index contributed by atoms with van der Waals surface area (Å²) in [5.41, 5.74) is 2.34. The number of rotatable bonds is 4. The monoisotopic (exact) mass is 233 g/mol. The van der Waals surface area contributed by atoms with Crippen LogP contribution in [-0.2, 0) is 17.6 Å². The first-order valence-corrected chi connectivity index (χ1v) is 5.65. The zero-order valence-corrected chi connectivity index (χ0v) is 9.93. The Hall–Kier alpha value is -1.84. The number of hydrogen-bond acceptors (Lipinski definition) is 3. The Balaban J connectivity index is 2.34. The van der Waals surface area contributed by atoms with Gasteiger partial charge in [0, 0.05) is 5.39 Å². The summed E-state index contributed by atoms with van der Waals surface area (Å²) < 4.78 is 5.23. The van der Waals surface area contributed by atoms with E-state index in [-0.39, 0.29) is 6.42 Å². The largest absolute Gasteiger partial charge is 0.481 e. The Morgan fingerprint density at radius 3 is 2.88 bits per heavy atom. The second-order valence-corrected chi connectivity index (χ2v) is 4.63. The normalized spacial score (nSPS) is 11.2. The number of fused-ring (bicyclic) bond motifs is 1. The summed E-state index contributed by atoms with van der Waals surface area (Å²) in [6.07, 6.45) is 0.876. The third kappa shape index (κ3) is 2.64. The van der Waals surface area contributed by atoms with Crippen LogP contribution < -0.4 is 0 Å². The molecule has 4 nitrogen and oxygen atoms in total. The van der Waals surface area contributed by atoms with Crippen molar-refractivity contribution >= 4 is 16.9 Å². The number of aromatic nitrogens is 1. The van der Waals surface area contributed by atoms with Crippen LogP contribution >= 0.6 is 0 Å². The van der Waals surface area contributed by atoms with Crippen molar-refractivity contribution in [1.82, 2.24) is 5.16 Å². The van der Waals surface area contributed by atoms with Gasteiger partial charge in [-0.25, -0.2) is 0 Å². The first-order chi connectivity index (χ1) is 8.06. The average Bonchev–Trinajstić information content (AvgIpc) is 2.59. The van der Waals surface area contributed by atoms with Gasteiger partial charge >= 0.3 is 5.97 Å². The topological polar surface area (TPSA) is 63.3 Å². The Kier molecular flexibility index (Phi) is 3.13. The van der Waals surface area contributed by atoms with Crippen LogP contribution in [0.4, 0.5) is 0 Å². The third-order valence-corrected chi connectivity index (χ3v) is 2.57. The molecule has 1 aromatic heterocycles. The van der Waals surface area contributed by atoms with Crippen molar-refractivity contribution in [2.75, 3.05) is 0 Å². The van der Waals surface area contributed by atoms with Crippen molar-refractivity contribution in [3.63, 3.8) is 0 Å². The quantitative estimate of drug-likeness (QED) is 0.881. The van der Waals surface area contributed by atoms with E-state index < -0.39 is 5.97 Å². The van der Waals surface area contributed by atoms with Crippen molar-refractivity contribution in [3.05, 3.63) is 29.5 Å². The molecule has 17 heavy (non-hydrogen) atoms. The summed E-state index contributed by atoms with van der Waals surface area (Å²) in [6.45, 7) is 4.25. The molecule has 0 amide bonds. The molecule has 0 aliphatic rings. The fourth-order valence-corrected chi connectivity index (χ4v) is 1.85. The fraction of sp³-hybridized carbons (Fsp3) is 0.385. The molecule has 4 heteroatoms. The van der Waals surface area contributed by atoms with Gasteiger partial charge in [-0.1, -0.05) is 25.1 Å². The smallest absolute Gasteiger partial charge is 0.307 e. The van der Waals surface area contributed by atoms with E-state index >= 15 is 0 Å². The Morgan fingerprint density at radius 1 is 1.47 bits per heavy atom. The van der Waals surface area contributed by atoms with Crippen LogP contribution in [0.2, 0.25) is 0 Å². The van der Waals surface area contributed by atoms with E-state index in [9.17, 15) is 4.79 Å².